The SMILES string of the molecule is Cn1ccnc1SCC(=O)Nc1ccc(-c2cc(C(=O)O)c3ccccc3n2)cc1. The highest BCUT2D eigenvalue weighted by Gasteiger charge is 2.13. The van der Waals surface area contributed by atoms with Crippen LogP contribution < -0.4 is 5.32 Å². The summed E-state index contributed by atoms with van der Waals surface area (Å²) >= 11 is 1.36. The lowest BCUT2D eigenvalue weighted by Gasteiger charge is -2.09. The number of benzene rings is 2. The van der Waals surface area contributed by atoms with Crippen molar-refractivity contribution >= 4 is 40.2 Å². The molecule has 7 nitrogen and oxygen atoms in total. The quantitative estimate of drug-likeness (QED) is 0.458. The van der Waals surface area contributed by atoms with Gasteiger partial charge >= 0.3 is 5.97 Å². The Morgan fingerprint density at radius 2 is 1.90 bits per heavy atom. The minimum Gasteiger partial charge on any atom is -0.478 e. The zero-order valence-electron chi connectivity index (χ0n) is 16.1. The van der Waals surface area contributed by atoms with E-state index in [0.29, 0.717) is 22.3 Å². The van der Waals surface area contributed by atoms with Crippen LogP contribution in [0.4, 0.5) is 5.69 Å². The zero-order chi connectivity index (χ0) is 21.1. The van der Waals surface area contributed by atoms with Crippen LogP contribution in [0.1, 0.15) is 10.4 Å². The number of para-hydroxylation sites is 1. The second-order valence-corrected chi connectivity index (χ2v) is 7.55. The fourth-order valence-electron chi connectivity index (χ4n) is 3.04. The number of carbonyl (C=O) groups is 2. The van der Waals surface area contributed by atoms with Gasteiger partial charge in [-0.15, -0.1) is 0 Å². The van der Waals surface area contributed by atoms with Crippen LogP contribution in [0.2, 0.25) is 0 Å². The Hall–Kier alpha value is -3.65. The van der Waals surface area contributed by atoms with Gasteiger partial charge in [0.15, 0.2) is 5.16 Å². The molecular weight excluding hydrogens is 400 g/mol. The first-order valence-electron chi connectivity index (χ1n) is 9.15. The minimum absolute atomic E-state index is 0.132. The smallest absolute Gasteiger partial charge is 0.336 e. The molecule has 0 atom stereocenters. The Labute approximate surface area is 176 Å². The Balaban J connectivity index is 1.50. The highest BCUT2D eigenvalue weighted by atomic mass is 32.2. The van der Waals surface area contributed by atoms with Crippen molar-refractivity contribution in [2.45, 2.75) is 5.16 Å². The van der Waals surface area contributed by atoms with Crippen molar-refractivity contribution in [2.75, 3.05) is 11.1 Å². The van der Waals surface area contributed by atoms with Crippen LogP contribution in [0.3, 0.4) is 0 Å². The third kappa shape index (κ3) is 4.18. The first kappa shape index (κ1) is 19.7. The molecule has 30 heavy (non-hydrogen) atoms. The minimum atomic E-state index is -0.996. The predicted octanol–water partition coefficient (Wildman–Crippen LogP) is 4.06. The number of nitrogens with zero attached hydrogens (tertiary/aromatic N) is 3. The summed E-state index contributed by atoms with van der Waals surface area (Å²) in [6.07, 6.45) is 3.52. The summed E-state index contributed by atoms with van der Waals surface area (Å²) < 4.78 is 1.86. The first-order chi connectivity index (χ1) is 14.5. The van der Waals surface area contributed by atoms with Crippen LogP contribution in [-0.4, -0.2) is 37.3 Å². The van der Waals surface area contributed by atoms with Crippen molar-refractivity contribution in [3.05, 3.63) is 72.6 Å². The number of carboxylic acids is 1. The second-order valence-electron chi connectivity index (χ2n) is 6.61. The number of fused-ring (bicyclic) bond motifs is 1. The van der Waals surface area contributed by atoms with E-state index in [4.69, 9.17) is 0 Å². The number of imidazole rings is 1. The van der Waals surface area contributed by atoms with Crippen LogP contribution >= 0.6 is 11.8 Å². The van der Waals surface area contributed by atoms with E-state index < -0.39 is 5.97 Å². The summed E-state index contributed by atoms with van der Waals surface area (Å²) in [4.78, 5) is 32.6. The summed E-state index contributed by atoms with van der Waals surface area (Å²) in [5.74, 6) is -0.877. The lowest BCUT2D eigenvalue weighted by atomic mass is 10.0. The third-order valence-corrected chi connectivity index (χ3v) is 5.58. The van der Waals surface area contributed by atoms with Crippen LogP contribution in [0.5, 0.6) is 0 Å². The number of anilines is 1. The Morgan fingerprint density at radius 1 is 1.13 bits per heavy atom. The van der Waals surface area contributed by atoms with E-state index in [2.05, 4.69) is 15.3 Å². The van der Waals surface area contributed by atoms with Gasteiger partial charge in [-0.25, -0.2) is 14.8 Å². The highest BCUT2D eigenvalue weighted by Crippen LogP contribution is 2.26. The van der Waals surface area contributed by atoms with Gasteiger partial charge in [0.1, 0.15) is 0 Å². The molecule has 2 heterocycles. The van der Waals surface area contributed by atoms with E-state index in [1.165, 1.54) is 11.8 Å². The third-order valence-electron chi connectivity index (χ3n) is 4.52. The van der Waals surface area contributed by atoms with E-state index in [1.807, 2.05) is 36.0 Å². The number of aromatic nitrogens is 3. The molecule has 0 aliphatic carbocycles. The standard InChI is InChI=1S/C22H18N4O3S/c1-26-11-10-23-22(26)30-13-20(27)24-15-8-6-14(7-9-15)19-12-17(21(28)29)16-4-2-3-5-18(16)25-19/h2-12H,13H2,1H3,(H,24,27)(H,28,29). The molecule has 0 unspecified atom stereocenters. The largest absolute Gasteiger partial charge is 0.478 e. The molecule has 2 aromatic carbocycles. The number of thioether (sulfide) groups is 1. The average molecular weight is 418 g/mol. The molecule has 0 bridgehead atoms. The van der Waals surface area contributed by atoms with Gasteiger partial charge in [-0.2, -0.15) is 0 Å². The van der Waals surface area contributed by atoms with Crippen molar-refractivity contribution in [3.63, 3.8) is 0 Å². The first-order valence-corrected chi connectivity index (χ1v) is 10.1. The summed E-state index contributed by atoms with van der Waals surface area (Å²) in [7, 11) is 1.88. The summed E-state index contributed by atoms with van der Waals surface area (Å²) in [6, 6.07) is 15.9. The van der Waals surface area contributed by atoms with Gasteiger partial charge in [0.05, 0.1) is 22.5 Å². The number of rotatable bonds is 6. The van der Waals surface area contributed by atoms with Gasteiger partial charge < -0.3 is 15.0 Å². The number of carboxylic acid groups (broad SMARTS) is 1. The number of aryl methyl sites for hydroxylation is 1. The monoisotopic (exact) mass is 418 g/mol. The maximum Gasteiger partial charge on any atom is 0.336 e. The molecule has 4 rings (SSSR count). The van der Waals surface area contributed by atoms with E-state index in [-0.39, 0.29) is 17.2 Å². The maximum atomic E-state index is 12.2. The second kappa shape index (κ2) is 8.38. The van der Waals surface area contributed by atoms with Crippen molar-refractivity contribution in [3.8, 4) is 11.3 Å². The molecule has 0 fully saturated rings. The molecule has 0 radical (unpaired) electrons. The molecule has 0 spiro atoms. The summed E-state index contributed by atoms with van der Waals surface area (Å²) in [5, 5.41) is 13.8. The zero-order valence-corrected chi connectivity index (χ0v) is 16.9. The van der Waals surface area contributed by atoms with Gasteiger partial charge in [0, 0.05) is 36.1 Å². The maximum absolute atomic E-state index is 12.2. The van der Waals surface area contributed by atoms with Gasteiger partial charge in [0.25, 0.3) is 0 Å². The number of pyridine rings is 1. The normalized spacial score (nSPS) is 10.8. The van der Waals surface area contributed by atoms with Crippen LogP contribution in [0.15, 0.2) is 72.1 Å². The average Bonchev–Trinajstić information content (AvgIpc) is 3.16. The van der Waals surface area contributed by atoms with Crippen LogP contribution in [-0.2, 0) is 11.8 Å². The number of hydrogen-bond acceptors (Lipinski definition) is 5. The van der Waals surface area contributed by atoms with Gasteiger partial charge in [-0.1, -0.05) is 42.1 Å². The topological polar surface area (TPSA) is 97.1 Å². The fraction of sp³-hybridized carbons (Fsp3) is 0.0909. The van der Waals surface area contributed by atoms with E-state index in [0.717, 1.165) is 10.7 Å². The molecule has 0 aliphatic rings. The summed E-state index contributed by atoms with van der Waals surface area (Å²) in [6.45, 7) is 0. The predicted molar refractivity (Wildman–Crippen MR) is 117 cm³/mol. The lowest BCUT2D eigenvalue weighted by Crippen LogP contribution is -2.14. The van der Waals surface area contributed by atoms with Gasteiger partial charge in [-0.3, -0.25) is 4.79 Å². The Kier molecular flexibility index (Phi) is 5.49. The Bertz CT molecular complexity index is 1230. The molecule has 0 saturated carbocycles. The van der Waals surface area contributed by atoms with Crippen LogP contribution in [0, 0.1) is 0 Å². The molecule has 2 aromatic heterocycles. The number of nitrogens with one attached hydrogen (secondary N) is 1. The number of hydrogen-bond donors (Lipinski definition) is 2. The van der Waals surface area contributed by atoms with Gasteiger partial charge in [-0.05, 0) is 24.3 Å². The molecule has 1 amide bonds. The van der Waals surface area contributed by atoms with Crippen molar-refractivity contribution in [1.82, 2.24) is 14.5 Å². The van der Waals surface area contributed by atoms with Gasteiger partial charge in [0.2, 0.25) is 5.91 Å². The molecule has 2 N–H and O–H groups in total. The lowest BCUT2D eigenvalue weighted by molar-refractivity contribution is -0.113. The molecule has 4 aromatic rings. The van der Waals surface area contributed by atoms with E-state index >= 15 is 0 Å². The fourth-order valence-corrected chi connectivity index (χ4v) is 3.77. The van der Waals surface area contributed by atoms with Crippen molar-refractivity contribution in [1.29, 1.82) is 0 Å². The molecule has 0 saturated heterocycles. The molecular formula is C22H18N4O3S. The molecule has 150 valence electrons. The number of aromatic carboxylic acids is 1. The van der Waals surface area contributed by atoms with Crippen molar-refractivity contribution in [2.24, 2.45) is 7.05 Å². The van der Waals surface area contributed by atoms with Crippen molar-refractivity contribution < 1.29 is 14.7 Å². The highest BCUT2D eigenvalue weighted by molar-refractivity contribution is 7.99. The van der Waals surface area contributed by atoms with Crippen LogP contribution in [0.25, 0.3) is 22.2 Å². The number of carbonyl (C=O) groups excluding carboxylic acids is 1. The Morgan fingerprint density at radius 3 is 2.60 bits per heavy atom. The number of amides is 1. The molecule has 8 heteroatoms. The summed E-state index contributed by atoms with van der Waals surface area (Å²) in [5.41, 5.74) is 2.82. The van der Waals surface area contributed by atoms with E-state index in [9.17, 15) is 14.7 Å². The van der Waals surface area contributed by atoms with E-state index in [1.54, 1.807) is 42.6 Å². The molecule has 0 aliphatic heterocycles.